The van der Waals surface area contributed by atoms with Crippen LogP contribution in [0.1, 0.15) is 122 Å². The number of aliphatic hydroxyl groups excluding tert-OH is 1. The molecule has 0 amide bonds. The number of rotatable bonds is 18. The highest BCUT2D eigenvalue weighted by atomic mass is 35.5. The van der Waals surface area contributed by atoms with E-state index in [4.69, 9.17) is 46.4 Å². The molecule has 30 nitrogen and oxygen atoms in total. The molecule has 3 aromatic carbocycles. The molecule has 4 saturated carbocycles. The minimum atomic E-state index is -3.99. The summed E-state index contributed by atoms with van der Waals surface area (Å²) < 4.78 is 141. The zero-order chi connectivity index (χ0) is 91.7. The first-order chi connectivity index (χ1) is 62.1. The number of ketones is 1. The lowest BCUT2D eigenvalue weighted by Crippen LogP contribution is -2.38. The van der Waals surface area contributed by atoms with Gasteiger partial charge in [-0.3, -0.25) is 4.79 Å². The van der Waals surface area contributed by atoms with Crippen molar-refractivity contribution in [2.75, 3.05) is 21.3 Å². The van der Waals surface area contributed by atoms with Crippen molar-refractivity contribution in [3.63, 3.8) is 0 Å². The van der Waals surface area contributed by atoms with Gasteiger partial charge in [-0.05, 0) is 171 Å². The molecule has 0 bridgehead atoms. The third-order valence-electron chi connectivity index (χ3n) is 22.8. The van der Waals surface area contributed by atoms with Gasteiger partial charge in [0.05, 0.1) is 76.9 Å². The van der Waals surface area contributed by atoms with Gasteiger partial charge in [-0.2, -0.15) is 0 Å². The molecule has 15 aromatic rings. The van der Waals surface area contributed by atoms with Crippen LogP contribution < -0.4 is 21.3 Å². The molecule has 4 fully saturated rings. The molecule has 8 N–H and O–H groups in total. The number of anilines is 4. The van der Waals surface area contributed by atoms with E-state index in [1.165, 1.54) is 73.6 Å². The van der Waals surface area contributed by atoms with Crippen molar-refractivity contribution in [2.24, 2.45) is 0 Å². The third-order valence-corrected chi connectivity index (χ3v) is 28.6. The smallest absolute Gasteiger partial charge is 0.269 e. The number of nitrogens with one attached hydrogen (secondary N) is 5. The fourth-order valence-corrected chi connectivity index (χ4v) is 21.1. The highest BCUT2D eigenvalue weighted by Gasteiger charge is 2.35. The Hall–Kier alpha value is -11.8. The number of hydrogen-bond donors (Lipinski definition) is 8. The number of benzene rings is 3. The van der Waals surface area contributed by atoms with E-state index in [1.54, 1.807) is 92.1 Å². The van der Waals surface area contributed by atoms with Gasteiger partial charge in [-0.25, -0.2) is 115 Å². The highest BCUT2D eigenvalue weighted by molar-refractivity contribution is 7.90. The Morgan fingerprint density at radius 3 is 1.18 bits per heavy atom. The zero-order valence-electron chi connectivity index (χ0n) is 69.7. The third kappa shape index (κ3) is 20.4. The Morgan fingerprint density at radius 2 is 0.785 bits per heavy atom. The van der Waals surface area contributed by atoms with E-state index in [9.17, 15) is 62.9 Å². The number of aliphatic hydroxyl groups is 3. The molecule has 12 heterocycles. The van der Waals surface area contributed by atoms with E-state index in [0.29, 0.717) is 108 Å². The number of pyridine rings is 4. The fourth-order valence-electron chi connectivity index (χ4n) is 16.4. The number of aromatic nitrogens is 16. The summed E-state index contributed by atoms with van der Waals surface area (Å²) in [7, 11) is -12.0. The van der Waals surface area contributed by atoms with Gasteiger partial charge in [0.2, 0.25) is 0 Å². The number of Topliss-reactive ketones (excluding diaryl/α,β-unsaturated/α-hetero) is 1. The van der Waals surface area contributed by atoms with Crippen LogP contribution in [0.15, 0.2) is 198 Å². The average molecular weight is 1910 g/mol. The largest absolute Gasteiger partial charge is 0.393 e. The van der Waals surface area contributed by atoms with Gasteiger partial charge in [0, 0.05) is 130 Å². The Morgan fingerprint density at radius 1 is 0.431 bits per heavy atom. The molecule has 0 spiro atoms. The summed E-state index contributed by atoms with van der Waals surface area (Å²) in [6.45, 7) is 5.45. The Bertz CT molecular complexity index is 7150. The van der Waals surface area contributed by atoms with Gasteiger partial charge in [0.15, 0.2) is 86.8 Å². The minimum Gasteiger partial charge on any atom is -0.393 e. The van der Waals surface area contributed by atoms with Crippen molar-refractivity contribution in [1.29, 1.82) is 0 Å². The number of aromatic amines is 1. The predicted octanol–water partition coefficient (Wildman–Crippen LogP) is 17.5. The first-order valence-corrected chi connectivity index (χ1v) is 47.3. The molecule has 19 rings (SSSR count). The molecule has 7 unspecified atom stereocenters. The van der Waals surface area contributed by atoms with E-state index >= 15 is 0 Å². The summed E-state index contributed by atoms with van der Waals surface area (Å²) in [5, 5.41) is 46.3. The van der Waals surface area contributed by atoms with Crippen LogP contribution in [0, 0.1) is 30.2 Å². The molecule has 674 valence electrons. The number of halogens is 8. The van der Waals surface area contributed by atoms with Crippen molar-refractivity contribution < 1.29 is 62.9 Å². The number of carbonyl (C=O) groups is 1. The highest BCUT2D eigenvalue weighted by Crippen LogP contribution is 2.40. The first-order valence-electron chi connectivity index (χ1n) is 41.5. The first kappa shape index (κ1) is 91.5. The number of fused-ring (bicyclic) bond motifs is 4. The normalized spacial score (nSPS) is 19.6. The zero-order valence-corrected chi connectivity index (χ0v) is 75.2. The maximum absolute atomic E-state index is 14.6. The molecule has 0 aliphatic heterocycles. The maximum atomic E-state index is 14.6. The Balaban J connectivity index is 0.000000128. The topological polar surface area (TPSA) is 414 Å². The van der Waals surface area contributed by atoms with E-state index < -0.39 is 70.6 Å². The number of hydrogen-bond acceptors (Lipinski definition) is 26. The minimum absolute atomic E-state index is 0.00798. The Kier molecular flexibility index (Phi) is 26.7. The molecule has 0 radical (unpaired) electrons. The molecule has 130 heavy (non-hydrogen) atoms. The van der Waals surface area contributed by atoms with Crippen LogP contribution in [0.5, 0.6) is 0 Å². The molecule has 7 atom stereocenters. The summed E-state index contributed by atoms with van der Waals surface area (Å²) in [5.41, 5.74) is 2.19. The second-order valence-electron chi connectivity index (χ2n) is 32.9. The molecular weight excluding hydrogens is 1820 g/mol. The van der Waals surface area contributed by atoms with E-state index in [2.05, 4.69) is 86.1 Å². The standard InChI is InChI=1S/2C24H23ClFN5O3S.C23H19ClFN5O3S.C18H19ClFN5O/c1-14-5-7-18(8-6-14)35(33,34)31-13-20(19-9-15(25)11-28-24(19)31)22-27-12-21(26)23(30-22)29-16-3-2-4-17(32)10-16;1-24(32)9-5-6-16(11-24)29-22-20(26)13-27-21(30-22)19-14-31(23-18(19)10-15(25)12-28-23)35(33,34)17-7-3-2-4-8-17;24-14-9-18-19(13-30(23(18)27-11-14)34(32,33)17-7-2-1-3-8-17)21-26-12-20(25)22(29-21)28-15-5-4-6-16(31)10-15;1-18(26)4-2-3-11(6-18)24-17-14(20)9-23-16(25-17)13-8-22-15-12(13)5-10(19)7-21-15/h5-9,11-13,16-17,32H,2-4,10H2,1H3,(H,27,29,30);2-4,7-8,10,12-14,16,32H,5-6,9,11H2,1H3,(H,27,29,30);1-3,7-9,11-13,15H,4-6,10H2,(H,26,28,29);5,7-9,11,26H,2-4,6H2,1H3,(H,21,22)(H,23,24,25). The van der Waals surface area contributed by atoms with Crippen LogP contribution in [-0.2, 0) is 34.9 Å². The quantitative estimate of drug-likeness (QED) is 0.0370. The average Bonchev–Trinajstić information content (AvgIpc) is 1.60. The SMILES string of the molecule is CC1(O)CCCC(Nc2nc(-c3c[nH]c4ncc(Cl)cc34)ncc2F)C1.CC1(O)CCCC(Nc2nc(-c3cn(S(=O)(=O)c4ccccc4)c4ncc(Cl)cc34)ncc2F)C1.Cc1ccc(S(=O)(=O)n2cc(-c3ncc(F)c(NC4CCCC(O)C4)n3)c3cc(Cl)cnc32)cc1.O=C1CCCC(Nc2nc(-c3cn(S(=O)(=O)c4ccccc4)c4ncc(Cl)cc34)ncc2F)C1. The van der Waals surface area contributed by atoms with Gasteiger partial charge in [-0.15, -0.1) is 0 Å². The lowest BCUT2D eigenvalue weighted by atomic mass is 9.83. The Labute approximate surface area is 763 Å². The lowest BCUT2D eigenvalue weighted by molar-refractivity contribution is -0.120. The van der Waals surface area contributed by atoms with Gasteiger partial charge in [-0.1, -0.05) is 100 Å². The number of nitrogens with zero attached hydrogens (tertiary/aromatic N) is 15. The molecule has 41 heteroatoms. The summed E-state index contributed by atoms with van der Waals surface area (Å²) in [6, 6.07) is 28.3. The van der Waals surface area contributed by atoms with Gasteiger partial charge >= 0.3 is 0 Å². The van der Waals surface area contributed by atoms with Gasteiger partial charge in [0.1, 0.15) is 11.4 Å². The van der Waals surface area contributed by atoms with Crippen LogP contribution in [-0.4, -0.2) is 165 Å². The second-order valence-corrected chi connectivity index (χ2v) is 40.1. The van der Waals surface area contributed by atoms with Crippen LogP contribution >= 0.6 is 46.4 Å². The molecular formula is C89H84Cl4F4N20O10S3. The van der Waals surface area contributed by atoms with Gasteiger partial charge < -0.3 is 41.6 Å². The molecule has 4 aliphatic carbocycles. The van der Waals surface area contributed by atoms with E-state index in [-0.39, 0.29) is 102 Å². The number of aryl methyl sites for hydroxylation is 1. The van der Waals surface area contributed by atoms with Crippen LogP contribution in [0.4, 0.5) is 40.8 Å². The van der Waals surface area contributed by atoms with Crippen molar-refractivity contribution in [3.8, 4) is 45.6 Å². The maximum Gasteiger partial charge on any atom is 0.269 e. The summed E-state index contributed by atoms with van der Waals surface area (Å²) >= 11 is 24.5. The summed E-state index contributed by atoms with van der Waals surface area (Å²) in [4.78, 5) is 65.9. The number of H-pyrrole nitrogens is 1. The molecule has 0 saturated heterocycles. The van der Waals surface area contributed by atoms with Gasteiger partial charge in [0.25, 0.3) is 30.1 Å². The fraction of sp³-hybridized carbons (Fsp3) is 0.292. The van der Waals surface area contributed by atoms with Crippen molar-refractivity contribution in [1.82, 2.24) is 76.7 Å². The summed E-state index contributed by atoms with van der Waals surface area (Å²) in [6.07, 6.45) is 26.2. The van der Waals surface area contributed by atoms with Crippen LogP contribution in [0.25, 0.3) is 89.7 Å². The van der Waals surface area contributed by atoms with Crippen molar-refractivity contribution in [3.05, 3.63) is 232 Å². The summed E-state index contributed by atoms with van der Waals surface area (Å²) in [5.74, 6) is -1.56. The molecule has 4 aliphatic rings. The van der Waals surface area contributed by atoms with Crippen LogP contribution in [0.3, 0.4) is 0 Å². The van der Waals surface area contributed by atoms with E-state index in [1.807, 2.05) is 13.8 Å². The van der Waals surface area contributed by atoms with E-state index in [0.717, 1.165) is 112 Å². The predicted molar refractivity (Wildman–Crippen MR) is 487 cm³/mol. The van der Waals surface area contributed by atoms with Crippen LogP contribution in [0.2, 0.25) is 20.1 Å². The number of carbonyl (C=O) groups excluding carboxylic acids is 1. The van der Waals surface area contributed by atoms with Crippen molar-refractivity contribution in [2.45, 2.75) is 180 Å². The van der Waals surface area contributed by atoms with Crippen molar-refractivity contribution >= 4 is 150 Å². The monoisotopic (exact) mass is 1900 g/mol. The molecule has 12 aromatic heterocycles. The lowest BCUT2D eigenvalue weighted by Gasteiger charge is -2.34. The second kappa shape index (κ2) is 38.0.